The van der Waals surface area contributed by atoms with Crippen LogP contribution >= 0.6 is 0 Å². The van der Waals surface area contributed by atoms with Crippen LogP contribution in [-0.2, 0) is 0 Å². The van der Waals surface area contributed by atoms with Crippen LogP contribution in [0.15, 0.2) is 179 Å². The molecule has 10 aromatic rings. The van der Waals surface area contributed by atoms with E-state index in [-0.39, 0.29) is 0 Å². The third kappa shape index (κ3) is 4.54. The van der Waals surface area contributed by atoms with Crippen LogP contribution < -0.4 is 0 Å². The molecule has 234 valence electrons. The van der Waals surface area contributed by atoms with Gasteiger partial charge in [0, 0.05) is 45.1 Å². The quantitative estimate of drug-likeness (QED) is 0.188. The zero-order valence-electron chi connectivity index (χ0n) is 26.9. The molecule has 10 rings (SSSR count). The minimum absolute atomic E-state index is 0.804. The Balaban J connectivity index is 1.07. The van der Waals surface area contributed by atoms with Crippen LogP contribution in [0.4, 0.5) is 0 Å². The lowest BCUT2D eigenvalue weighted by atomic mass is 9.92. The van der Waals surface area contributed by atoms with E-state index in [9.17, 15) is 0 Å². The zero-order chi connectivity index (χ0) is 33.0. The molecule has 0 aliphatic heterocycles. The molecule has 6 aromatic carbocycles. The molecular formula is C46H28N2O2. The largest absolute Gasteiger partial charge is 0.455 e. The summed E-state index contributed by atoms with van der Waals surface area (Å²) < 4.78 is 12.9. The zero-order valence-corrected chi connectivity index (χ0v) is 26.9. The van der Waals surface area contributed by atoms with Gasteiger partial charge in [-0.05, 0) is 69.8 Å². The molecule has 0 radical (unpaired) electrons. The smallest absolute Gasteiger partial charge is 0.143 e. The van der Waals surface area contributed by atoms with Crippen molar-refractivity contribution in [2.24, 2.45) is 0 Å². The van der Waals surface area contributed by atoms with Crippen molar-refractivity contribution >= 4 is 43.9 Å². The van der Waals surface area contributed by atoms with Crippen molar-refractivity contribution in [2.45, 2.75) is 0 Å². The normalized spacial score (nSPS) is 11.6. The van der Waals surface area contributed by atoms with Crippen LogP contribution in [-0.4, -0.2) is 9.97 Å². The first kappa shape index (κ1) is 28.3. The van der Waals surface area contributed by atoms with E-state index < -0.39 is 0 Å². The van der Waals surface area contributed by atoms with Crippen molar-refractivity contribution in [3.63, 3.8) is 0 Å². The van der Waals surface area contributed by atoms with Crippen molar-refractivity contribution in [3.05, 3.63) is 170 Å². The van der Waals surface area contributed by atoms with Crippen LogP contribution in [0.5, 0.6) is 0 Å². The number of para-hydroxylation sites is 4. The molecule has 4 aromatic heterocycles. The molecule has 50 heavy (non-hydrogen) atoms. The summed E-state index contributed by atoms with van der Waals surface area (Å²) in [6, 6.07) is 54.5. The van der Waals surface area contributed by atoms with Gasteiger partial charge >= 0.3 is 0 Å². The Morgan fingerprint density at radius 1 is 0.320 bits per heavy atom. The van der Waals surface area contributed by atoms with Crippen molar-refractivity contribution in [3.8, 4) is 55.9 Å². The van der Waals surface area contributed by atoms with Gasteiger partial charge in [-0.1, -0.05) is 121 Å². The summed E-state index contributed by atoms with van der Waals surface area (Å²) in [4.78, 5) is 9.60. The number of benzene rings is 6. The maximum Gasteiger partial charge on any atom is 0.143 e. The summed E-state index contributed by atoms with van der Waals surface area (Å²) in [5.74, 6) is 0. The highest BCUT2D eigenvalue weighted by Crippen LogP contribution is 2.42. The Morgan fingerprint density at radius 2 is 0.700 bits per heavy atom. The Morgan fingerprint density at radius 3 is 1.18 bits per heavy atom. The van der Waals surface area contributed by atoms with Crippen LogP contribution in [0.1, 0.15) is 0 Å². The Hall–Kier alpha value is -6.78. The van der Waals surface area contributed by atoms with Crippen molar-refractivity contribution in [1.82, 2.24) is 9.97 Å². The van der Waals surface area contributed by atoms with Crippen LogP contribution in [0.25, 0.3) is 99.8 Å². The van der Waals surface area contributed by atoms with E-state index in [1.165, 1.54) is 0 Å². The van der Waals surface area contributed by atoms with Gasteiger partial charge in [-0.25, -0.2) is 0 Å². The molecule has 0 aliphatic carbocycles. The van der Waals surface area contributed by atoms with E-state index >= 15 is 0 Å². The van der Waals surface area contributed by atoms with Gasteiger partial charge in [0.15, 0.2) is 0 Å². The molecule has 0 bridgehead atoms. The fraction of sp³-hybridized carbons (Fsp3) is 0. The van der Waals surface area contributed by atoms with Crippen LogP contribution in [0, 0.1) is 0 Å². The topological polar surface area (TPSA) is 52.1 Å². The minimum Gasteiger partial charge on any atom is -0.455 e. The van der Waals surface area contributed by atoms with Crippen LogP contribution in [0.3, 0.4) is 0 Å². The number of rotatable bonds is 5. The number of aromatic nitrogens is 2. The van der Waals surface area contributed by atoms with Gasteiger partial charge < -0.3 is 8.83 Å². The molecule has 0 amide bonds. The molecule has 0 spiro atoms. The SMILES string of the molecule is c1ccc(-c2cccc3c2oc2ccccc23)c(-c2ccnc(-c3cc(-c4ccccc4-c4cccc5c4oc4ccccc45)ccn3)c2)c1. The van der Waals surface area contributed by atoms with E-state index in [4.69, 9.17) is 18.8 Å². The molecule has 0 aliphatic rings. The molecule has 4 heteroatoms. The molecule has 0 atom stereocenters. The van der Waals surface area contributed by atoms with Crippen molar-refractivity contribution < 1.29 is 8.83 Å². The second-order valence-corrected chi connectivity index (χ2v) is 12.5. The minimum atomic E-state index is 0.804. The van der Waals surface area contributed by atoms with Gasteiger partial charge in [-0.3, -0.25) is 9.97 Å². The first-order valence-corrected chi connectivity index (χ1v) is 16.7. The third-order valence-electron chi connectivity index (χ3n) is 9.65. The highest BCUT2D eigenvalue weighted by molar-refractivity contribution is 6.11. The summed E-state index contributed by atoms with van der Waals surface area (Å²) >= 11 is 0. The fourth-order valence-corrected chi connectivity index (χ4v) is 7.33. The molecule has 0 N–H and O–H groups in total. The van der Waals surface area contributed by atoms with E-state index in [1.807, 2.05) is 36.7 Å². The Labute approximate surface area is 287 Å². The molecular weight excluding hydrogens is 613 g/mol. The second kappa shape index (κ2) is 11.4. The predicted octanol–water partition coefficient (Wildman–Crippen LogP) is 12.6. The number of nitrogens with zero attached hydrogens (tertiary/aromatic N) is 2. The van der Waals surface area contributed by atoms with Gasteiger partial charge in [0.05, 0.1) is 11.4 Å². The highest BCUT2D eigenvalue weighted by atomic mass is 16.3. The lowest BCUT2D eigenvalue weighted by Gasteiger charge is -2.13. The monoisotopic (exact) mass is 640 g/mol. The van der Waals surface area contributed by atoms with Gasteiger partial charge in [0.2, 0.25) is 0 Å². The Bertz CT molecular complexity index is 2700. The highest BCUT2D eigenvalue weighted by Gasteiger charge is 2.18. The fourth-order valence-electron chi connectivity index (χ4n) is 7.33. The summed E-state index contributed by atoms with van der Waals surface area (Å²) in [6.45, 7) is 0. The standard InChI is InChI=1S/C46H28N2O2/c1-3-13-33(37-17-9-19-39-35-15-5-7-21-43(35)49-45(37)39)31(11-1)29-23-25-47-41(27-29)42-28-30(24-26-48-42)32-12-2-4-14-34(32)38-18-10-20-40-36-16-6-8-22-44(36)50-46(38)40/h1-28H. The first-order valence-electron chi connectivity index (χ1n) is 16.7. The van der Waals surface area contributed by atoms with Gasteiger partial charge in [0.1, 0.15) is 22.3 Å². The van der Waals surface area contributed by atoms with Gasteiger partial charge in [0.25, 0.3) is 0 Å². The number of fused-ring (bicyclic) bond motifs is 6. The molecule has 0 fully saturated rings. The van der Waals surface area contributed by atoms with E-state index in [0.29, 0.717) is 0 Å². The number of pyridine rings is 2. The molecule has 4 nitrogen and oxygen atoms in total. The average molecular weight is 641 g/mol. The Kier molecular flexibility index (Phi) is 6.46. The van der Waals surface area contributed by atoms with Gasteiger partial charge in [-0.15, -0.1) is 0 Å². The van der Waals surface area contributed by atoms with E-state index in [0.717, 1.165) is 99.8 Å². The maximum absolute atomic E-state index is 6.43. The predicted molar refractivity (Wildman–Crippen MR) is 204 cm³/mol. The summed E-state index contributed by atoms with van der Waals surface area (Å²) in [5.41, 5.74) is 13.8. The van der Waals surface area contributed by atoms with E-state index in [1.54, 1.807) is 0 Å². The summed E-state index contributed by atoms with van der Waals surface area (Å²) in [7, 11) is 0. The summed E-state index contributed by atoms with van der Waals surface area (Å²) in [5, 5.41) is 4.46. The van der Waals surface area contributed by atoms with Crippen molar-refractivity contribution in [1.29, 1.82) is 0 Å². The molecule has 0 saturated carbocycles. The summed E-state index contributed by atoms with van der Waals surface area (Å²) in [6.07, 6.45) is 3.74. The third-order valence-corrected chi connectivity index (χ3v) is 9.65. The van der Waals surface area contributed by atoms with Crippen molar-refractivity contribution in [2.75, 3.05) is 0 Å². The molecule has 0 unspecified atom stereocenters. The lowest BCUT2D eigenvalue weighted by Crippen LogP contribution is -1.92. The molecule has 4 heterocycles. The molecule has 0 saturated heterocycles. The van der Waals surface area contributed by atoms with Gasteiger partial charge in [-0.2, -0.15) is 0 Å². The van der Waals surface area contributed by atoms with Crippen LogP contribution in [0.2, 0.25) is 0 Å². The van der Waals surface area contributed by atoms with E-state index in [2.05, 4.69) is 133 Å². The number of furan rings is 2. The average Bonchev–Trinajstić information content (AvgIpc) is 3.77. The number of hydrogen-bond donors (Lipinski definition) is 0. The maximum atomic E-state index is 6.43. The second-order valence-electron chi connectivity index (χ2n) is 12.5. The first-order chi connectivity index (χ1) is 24.8. The number of hydrogen-bond acceptors (Lipinski definition) is 4. The lowest BCUT2D eigenvalue weighted by molar-refractivity contribution is 0.669.